The monoisotopic (exact) mass is 681 g/mol. The maximum Gasteiger partial charge on any atom is 0.416 e. The molecule has 5 nitrogen and oxygen atoms in total. The van der Waals surface area contributed by atoms with Crippen molar-refractivity contribution < 1.29 is 13.2 Å². The lowest BCUT2D eigenvalue weighted by Crippen LogP contribution is -2.36. The second-order valence-electron chi connectivity index (χ2n) is 13.9. The number of allylic oxidation sites excluding steroid dienone is 5. The molecule has 0 amide bonds. The first-order valence-electron chi connectivity index (χ1n) is 17.7. The molecule has 0 atom stereocenters. The van der Waals surface area contributed by atoms with Gasteiger partial charge in [0, 0.05) is 54.7 Å². The van der Waals surface area contributed by atoms with Gasteiger partial charge in [0.15, 0.2) is 0 Å². The van der Waals surface area contributed by atoms with E-state index >= 15 is 0 Å². The van der Waals surface area contributed by atoms with Crippen molar-refractivity contribution >= 4 is 5.69 Å². The Labute approximate surface area is 295 Å². The summed E-state index contributed by atoms with van der Waals surface area (Å²) >= 11 is 0. The van der Waals surface area contributed by atoms with E-state index in [0.717, 1.165) is 46.9 Å². The molecule has 4 N–H and O–H groups in total. The maximum absolute atomic E-state index is 13.3. The molecule has 0 spiro atoms. The number of halogens is 3. The molecule has 49 heavy (non-hydrogen) atoms. The van der Waals surface area contributed by atoms with Gasteiger partial charge in [0.05, 0.1) is 11.3 Å². The number of benzene rings is 1. The van der Waals surface area contributed by atoms with Crippen LogP contribution in [0.15, 0.2) is 102 Å². The predicted molar refractivity (Wildman–Crippen MR) is 204 cm³/mol. The maximum atomic E-state index is 13.3. The number of rotatable bonds is 13. The molecule has 0 unspecified atom stereocenters. The summed E-state index contributed by atoms with van der Waals surface area (Å²) in [5.74, 6) is 1.93. The number of alkyl halides is 3. The molecule has 1 aliphatic heterocycles. The minimum absolute atomic E-state index is 0.323. The van der Waals surface area contributed by atoms with Gasteiger partial charge in [-0.15, -0.1) is 0 Å². The fourth-order valence-electron chi connectivity index (χ4n) is 6.36. The largest absolute Gasteiger partial charge is 0.416 e. The quantitative estimate of drug-likeness (QED) is 0.181. The van der Waals surface area contributed by atoms with E-state index in [1.165, 1.54) is 51.6 Å². The zero-order chi connectivity index (χ0) is 36.9. The average molecular weight is 682 g/mol. The number of aryl methyl sites for hydroxylation is 1. The normalized spacial score (nSPS) is 19.9. The molecule has 1 saturated carbocycles. The topological polar surface area (TPSA) is 56.6 Å². The molecule has 2 fully saturated rings. The third kappa shape index (κ3) is 13.0. The Hall–Kier alpha value is -3.65. The van der Waals surface area contributed by atoms with E-state index in [0.29, 0.717) is 40.3 Å². The zero-order valence-corrected chi connectivity index (χ0v) is 31.4. The first kappa shape index (κ1) is 41.5. The second kappa shape index (κ2) is 19.5. The number of hydrogen-bond donors (Lipinski definition) is 3. The highest BCUT2D eigenvalue weighted by Crippen LogP contribution is 2.34. The molecule has 1 aliphatic carbocycles. The SMILES string of the molecule is C=CC(/C(N)=C/N/C(=C/C(=C\C)C(=C)Nc1cc(CC)cc(C(F)(F)F)c1)C(=C)C)=C(/C)N(C)C.CC(C)C1CCC(N2CCCC2)CC1. The molecule has 2 aliphatic rings. The second-order valence-corrected chi connectivity index (χ2v) is 13.9. The van der Waals surface area contributed by atoms with Crippen molar-refractivity contribution in [1.82, 2.24) is 15.1 Å². The van der Waals surface area contributed by atoms with E-state index in [9.17, 15) is 13.2 Å². The number of nitrogens with one attached hydrogen (secondary N) is 2. The van der Waals surface area contributed by atoms with Gasteiger partial charge in [-0.05, 0) is 132 Å². The third-order valence-electron chi connectivity index (χ3n) is 9.74. The summed E-state index contributed by atoms with van der Waals surface area (Å²) in [5, 5.41) is 6.19. The van der Waals surface area contributed by atoms with Gasteiger partial charge in [-0.25, -0.2) is 0 Å². The minimum Gasteiger partial charge on any atom is -0.397 e. The molecule has 1 saturated heterocycles. The van der Waals surface area contributed by atoms with E-state index < -0.39 is 11.7 Å². The van der Waals surface area contributed by atoms with Gasteiger partial charge in [-0.3, -0.25) is 0 Å². The van der Waals surface area contributed by atoms with Crippen LogP contribution < -0.4 is 16.4 Å². The van der Waals surface area contributed by atoms with Crippen LogP contribution in [0.4, 0.5) is 18.9 Å². The Balaban J connectivity index is 0.000000488. The molecule has 1 aromatic rings. The Bertz CT molecular complexity index is 1400. The van der Waals surface area contributed by atoms with Gasteiger partial charge >= 0.3 is 6.18 Å². The predicted octanol–water partition coefficient (Wildman–Crippen LogP) is 10.3. The van der Waals surface area contributed by atoms with Crippen LogP contribution in [0.5, 0.6) is 0 Å². The van der Waals surface area contributed by atoms with Crippen LogP contribution in [0.1, 0.15) is 91.2 Å². The van der Waals surface area contributed by atoms with Gasteiger partial charge in [0.2, 0.25) is 0 Å². The van der Waals surface area contributed by atoms with E-state index in [1.54, 1.807) is 18.3 Å². The van der Waals surface area contributed by atoms with Crippen LogP contribution in [0.3, 0.4) is 0 Å². The highest BCUT2D eigenvalue weighted by molar-refractivity contribution is 5.58. The molecule has 272 valence electrons. The van der Waals surface area contributed by atoms with E-state index in [1.807, 2.05) is 58.8 Å². The van der Waals surface area contributed by atoms with Crippen molar-refractivity contribution in [2.24, 2.45) is 17.6 Å². The highest BCUT2D eigenvalue weighted by Gasteiger charge is 2.31. The van der Waals surface area contributed by atoms with E-state index in [4.69, 9.17) is 5.73 Å². The summed E-state index contributed by atoms with van der Waals surface area (Å²) in [6, 6.07) is 4.88. The standard InChI is InChI=1S/C28H37F3N4.C13H25N/c1-10-21-13-23(28(29,30)31)16-24(14-21)34-19(6)22(11-2)15-27(18(4)5)33-17-26(32)25(12-3)20(7)35(8)9;1-11(2)12-5-7-13(8-6-12)14-9-3-4-10-14/h11-17,33-34H,3-4,6,10,32H2,1-2,5,7-9H3;11-13H,3-10H2,1-2H3/b22-11+,25-20+,26-17-,27-15+;. The van der Waals surface area contributed by atoms with Crippen molar-refractivity contribution in [1.29, 1.82) is 0 Å². The van der Waals surface area contributed by atoms with E-state index in [2.05, 4.69) is 49.1 Å². The summed E-state index contributed by atoms with van der Waals surface area (Å²) < 4.78 is 40.0. The first-order valence-corrected chi connectivity index (χ1v) is 17.7. The Morgan fingerprint density at radius 2 is 1.67 bits per heavy atom. The Morgan fingerprint density at radius 3 is 2.14 bits per heavy atom. The van der Waals surface area contributed by atoms with Gasteiger partial charge < -0.3 is 26.2 Å². The molecule has 0 bridgehead atoms. The number of likely N-dealkylation sites (tertiary alicyclic amines) is 1. The van der Waals surface area contributed by atoms with Gasteiger partial charge in [-0.2, -0.15) is 13.2 Å². The molecule has 1 heterocycles. The van der Waals surface area contributed by atoms with Crippen molar-refractivity contribution in [2.75, 3.05) is 32.5 Å². The third-order valence-corrected chi connectivity index (χ3v) is 9.74. The van der Waals surface area contributed by atoms with Crippen LogP contribution in [-0.2, 0) is 12.6 Å². The fraction of sp³-hybridized carbons (Fsp3) is 0.512. The fourth-order valence-corrected chi connectivity index (χ4v) is 6.36. The summed E-state index contributed by atoms with van der Waals surface area (Å²) in [4.78, 5) is 4.69. The molecular formula is C41H62F3N5. The summed E-state index contributed by atoms with van der Waals surface area (Å²) in [6.07, 6.45) is 11.8. The number of nitrogens with two attached hydrogens (primary N) is 1. The minimum atomic E-state index is -4.43. The number of anilines is 1. The van der Waals surface area contributed by atoms with Crippen molar-refractivity contribution in [3.8, 4) is 0 Å². The zero-order valence-electron chi connectivity index (χ0n) is 31.4. The summed E-state index contributed by atoms with van der Waals surface area (Å²) in [7, 11) is 3.84. The average Bonchev–Trinajstić information content (AvgIpc) is 3.60. The lowest BCUT2D eigenvalue weighted by molar-refractivity contribution is -0.137. The van der Waals surface area contributed by atoms with Crippen LogP contribution in [0.25, 0.3) is 0 Å². The molecule has 3 rings (SSSR count). The summed E-state index contributed by atoms with van der Waals surface area (Å²) in [6.45, 7) is 26.8. The van der Waals surface area contributed by atoms with Crippen molar-refractivity contribution in [3.05, 3.63) is 113 Å². The molecular weight excluding hydrogens is 619 g/mol. The molecule has 0 aromatic heterocycles. The first-order chi connectivity index (χ1) is 23.0. The lowest BCUT2D eigenvalue weighted by atomic mass is 9.79. The van der Waals surface area contributed by atoms with Crippen LogP contribution in [0.2, 0.25) is 0 Å². The Morgan fingerprint density at radius 1 is 1.06 bits per heavy atom. The summed E-state index contributed by atoms with van der Waals surface area (Å²) in [5.41, 5.74) is 11.2. The highest BCUT2D eigenvalue weighted by atomic mass is 19.4. The van der Waals surface area contributed by atoms with Crippen LogP contribution >= 0.6 is 0 Å². The van der Waals surface area contributed by atoms with Gasteiger partial charge in [0.1, 0.15) is 0 Å². The smallest absolute Gasteiger partial charge is 0.397 e. The number of hydrogen-bond acceptors (Lipinski definition) is 5. The van der Waals surface area contributed by atoms with Crippen LogP contribution in [0, 0.1) is 11.8 Å². The molecule has 8 heteroatoms. The molecule has 1 aromatic carbocycles. The van der Waals surface area contributed by atoms with Crippen molar-refractivity contribution in [3.63, 3.8) is 0 Å². The lowest BCUT2D eigenvalue weighted by Gasteiger charge is -2.35. The van der Waals surface area contributed by atoms with Crippen molar-refractivity contribution in [2.45, 2.75) is 98.7 Å². The number of nitrogens with zero attached hydrogens (tertiary/aromatic N) is 2. The molecule has 0 radical (unpaired) electrons. The van der Waals surface area contributed by atoms with E-state index in [-0.39, 0.29) is 0 Å². The van der Waals surface area contributed by atoms with Gasteiger partial charge in [0.25, 0.3) is 0 Å². The Kier molecular flexibility index (Phi) is 16.5. The van der Waals surface area contributed by atoms with Crippen LogP contribution in [-0.4, -0.2) is 43.0 Å². The van der Waals surface area contributed by atoms with Gasteiger partial charge in [-0.1, -0.05) is 52.7 Å².